The number of thioether (sulfide) groups is 1. The van der Waals surface area contributed by atoms with E-state index in [-0.39, 0.29) is 38.0 Å². The molecule has 0 aliphatic heterocycles. The molecule has 0 aliphatic rings. The highest BCUT2D eigenvalue weighted by Gasteiger charge is 2.14. The maximum Gasteiger partial charge on any atom is 0.257 e. The third-order valence-electron chi connectivity index (χ3n) is 2.69. The molecule has 1 aromatic heterocycles. The lowest BCUT2D eigenvalue weighted by atomic mass is 10.3. The van der Waals surface area contributed by atoms with Gasteiger partial charge in [0.25, 0.3) is 5.22 Å². The smallest absolute Gasteiger partial charge is 0.257 e. The molecular weight excluding hydrogens is 280 g/mol. The van der Waals surface area contributed by atoms with Crippen LogP contribution in [-0.2, 0) is 4.79 Å². The topological polar surface area (TPSA) is 86.8 Å². The van der Waals surface area contributed by atoms with Crippen molar-refractivity contribution in [3.05, 3.63) is 24.3 Å². The molecule has 7 heteroatoms. The number of carbonyl (C=O) groups is 1. The van der Waals surface area contributed by atoms with Gasteiger partial charge in [0, 0.05) is 13.1 Å². The maximum atomic E-state index is 11.9. The zero-order chi connectivity index (χ0) is 14.4. The van der Waals surface area contributed by atoms with Crippen LogP contribution in [0.5, 0.6) is 0 Å². The molecule has 2 N–H and O–H groups in total. The van der Waals surface area contributed by atoms with Gasteiger partial charge in [0.05, 0.1) is 19.0 Å². The van der Waals surface area contributed by atoms with E-state index in [1.807, 2.05) is 24.3 Å². The van der Waals surface area contributed by atoms with Crippen LogP contribution < -0.4 is 0 Å². The Morgan fingerprint density at radius 3 is 2.60 bits per heavy atom. The lowest BCUT2D eigenvalue weighted by Crippen LogP contribution is -2.37. The van der Waals surface area contributed by atoms with Gasteiger partial charge in [0.1, 0.15) is 5.52 Å². The molecule has 0 saturated carbocycles. The van der Waals surface area contributed by atoms with Gasteiger partial charge in [-0.3, -0.25) is 4.79 Å². The maximum absolute atomic E-state index is 11.9. The number of para-hydroxylation sites is 2. The number of benzene rings is 1. The summed E-state index contributed by atoms with van der Waals surface area (Å²) in [5.74, 6) is -0.00679. The number of aromatic nitrogens is 1. The van der Waals surface area contributed by atoms with Crippen LogP contribution in [0.3, 0.4) is 0 Å². The van der Waals surface area contributed by atoms with Gasteiger partial charge < -0.3 is 19.5 Å². The summed E-state index contributed by atoms with van der Waals surface area (Å²) in [6.07, 6.45) is 0. The molecule has 0 atom stereocenters. The first-order chi connectivity index (χ1) is 9.74. The molecule has 1 amide bonds. The zero-order valence-electron chi connectivity index (χ0n) is 10.9. The Balaban J connectivity index is 1.94. The average Bonchev–Trinajstić information content (AvgIpc) is 2.87. The van der Waals surface area contributed by atoms with E-state index < -0.39 is 0 Å². The Labute approximate surface area is 120 Å². The van der Waals surface area contributed by atoms with E-state index in [1.165, 1.54) is 16.7 Å². The number of amides is 1. The molecule has 0 spiro atoms. The Hall–Kier alpha value is -1.57. The highest BCUT2D eigenvalue weighted by molar-refractivity contribution is 7.99. The first-order valence-electron chi connectivity index (χ1n) is 6.22. The van der Waals surface area contributed by atoms with Crippen molar-refractivity contribution >= 4 is 28.8 Å². The van der Waals surface area contributed by atoms with E-state index in [1.54, 1.807) is 0 Å². The van der Waals surface area contributed by atoms with E-state index in [9.17, 15) is 4.79 Å². The van der Waals surface area contributed by atoms with E-state index in [4.69, 9.17) is 14.6 Å². The van der Waals surface area contributed by atoms with Gasteiger partial charge in [-0.1, -0.05) is 23.9 Å². The Morgan fingerprint density at radius 2 is 1.95 bits per heavy atom. The van der Waals surface area contributed by atoms with Crippen molar-refractivity contribution in [3.63, 3.8) is 0 Å². The molecule has 2 rings (SSSR count). The summed E-state index contributed by atoms with van der Waals surface area (Å²) in [5, 5.41) is 18.2. The van der Waals surface area contributed by atoms with E-state index in [2.05, 4.69) is 4.98 Å². The Bertz CT molecular complexity index is 533. The number of hydrogen-bond acceptors (Lipinski definition) is 6. The molecule has 0 aliphatic carbocycles. The summed E-state index contributed by atoms with van der Waals surface area (Å²) < 4.78 is 5.50. The molecule has 0 radical (unpaired) electrons. The number of nitrogens with zero attached hydrogens (tertiary/aromatic N) is 2. The van der Waals surface area contributed by atoms with Crippen LogP contribution in [0, 0.1) is 0 Å². The second-order valence-electron chi connectivity index (χ2n) is 4.06. The molecule has 108 valence electrons. The van der Waals surface area contributed by atoms with Gasteiger partial charge >= 0.3 is 0 Å². The predicted octanol–water partition coefficient (Wildman–Crippen LogP) is 0.733. The second-order valence-corrected chi connectivity index (χ2v) is 4.99. The second kappa shape index (κ2) is 7.28. The fourth-order valence-corrected chi connectivity index (χ4v) is 2.47. The summed E-state index contributed by atoms with van der Waals surface area (Å²) in [7, 11) is 0. The van der Waals surface area contributed by atoms with E-state index in [0.717, 1.165) is 5.52 Å². The molecule has 20 heavy (non-hydrogen) atoms. The van der Waals surface area contributed by atoms with E-state index in [0.29, 0.717) is 10.8 Å². The van der Waals surface area contributed by atoms with Crippen molar-refractivity contribution in [2.75, 3.05) is 32.1 Å². The number of carbonyl (C=O) groups excluding carboxylic acids is 1. The number of hydrogen-bond donors (Lipinski definition) is 2. The number of aliphatic hydroxyl groups is 2. The summed E-state index contributed by atoms with van der Waals surface area (Å²) in [6.45, 7) is 0.180. The normalized spacial score (nSPS) is 10.9. The molecule has 2 aromatic rings. The van der Waals surface area contributed by atoms with Gasteiger partial charge in [0.15, 0.2) is 5.58 Å². The van der Waals surface area contributed by atoms with Crippen LogP contribution in [0.4, 0.5) is 0 Å². The molecule has 1 aromatic carbocycles. The SMILES string of the molecule is O=C(CSc1nc2ccccc2o1)N(CCO)CCO. The van der Waals surface area contributed by atoms with Crippen molar-refractivity contribution < 1.29 is 19.4 Å². The zero-order valence-corrected chi connectivity index (χ0v) is 11.7. The van der Waals surface area contributed by atoms with Crippen molar-refractivity contribution in [2.45, 2.75) is 5.22 Å². The quantitative estimate of drug-likeness (QED) is 0.733. The van der Waals surface area contributed by atoms with Crippen LogP contribution in [0.2, 0.25) is 0 Å². The van der Waals surface area contributed by atoms with Crippen LogP contribution in [0.25, 0.3) is 11.1 Å². The number of rotatable bonds is 7. The average molecular weight is 296 g/mol. The minimum atomic E-state index is -0.166. The fourth-order valence-electron chi connectivity index (χ4n) is 1.73. The van der Waals surface area contributed by atoms with Crippen LogP contribution in [0.1, 0.15) is 0 Å². The third-order valence-corrected chi connectivity index (χ3v) is 3.50. The molecule has 1 heterocycles. The third kappa shape index (κ3) is 3.72. The fraction of sp³-hybridized carbons (Fsp3) is 0.385. The highest BCUT2D eigenvalue weighted by atomic mass is 32.2. The first-order valence-corrected chi connectivity index (χ1v) is 7.21. The summed E-state index contributed by atoms with van der Waals surface area (Å²) >= 11 is 1.20. The van der Waals surface area contributed by atoms with E-state index >= 15 is 0 Å². The first kappa shape index (κ1) is 14.8. The minimum Gasteiger partial charge on any atom is -0.431 e. The lowest BCUT2D eigenvalue weighted by molar-refractivity contribution is -0.129. The highest BCUT2D eigenvalue weighted by Crippen LogP contribution is 2.23. The van der Waals surface area contributed by atoms with Gasteiger partial charge in [-0.2, -0.15) is 0 Å². The molecule has 0 bridgehead atoms. The molecule has 0 saturated heterocycles. The van der Waals surface area contributed by atoms with Crippen LogP contribution in [0.15, 0.2) is 33.9 Å². The van der Waals surface area contributed by atoms with Gasteiger partial charge in [0.2, 0.25) is 5.91 Å². The van der Waals surface area contributed by atoms with Gasteiger partial charge in [-0.15, -0.1) is 0 Å². The largest absolute Gasteiger partial charge is 0.431 e. The summed E-state index contributed by atoms with van der Waals surface area (Å²) in [6, 6.07) is 7.39. The molecule has 0 unspecified atom stereocenters. The molecule has 6 nitrogen and oxygen atoms in total. The number of oxazole rings is 1. The molecular formula is C13H16N2O4S. The van der Waals surface area contributed by atoms with Crippen LogP contribution >= 0.6 is 11.8 Å². The standard InChI is InChI=1S/C13H16N2O4S/c16-7-5-15(6-8-17)12(18)9-20-13-14-10-3-1-2-4-11(10)19-13/h1-4,16-17H,5-9H2. The predicted molar refractivity (Wildman–Crippen MR) is 75.5 cm³/mol. The van der Waals surface area contributed by atoms with Crippen LogP contribution in [-0.4, -0.2) is 58.1 Å². The van der Waals surface area contributed by atoms with Crippen molar-refractivity contribution in [1.82, 2.24) is 9.88 Å². The monoisotopic (exact) mass is 296 g/mol. The lowest BCUT2D eigenvalue weighted by Gasteiger charge is -2.19. The van der Waals surface area contributed by atoms with Gasteiger partial charge in [-0.05, 0) is 12.1 Å². The summed E-state index contributed by atoms with van der Waals surface area (Å²) in [5.41, 5.74) is 1.44. The van der Waals surface area contributed by atoms with Crippen molar-refractivity contribution in [3.8, 4) is 0 Å². The van der Waals surface area contributed by atoms with Crippen molar-refractivity contribution in [2.24, 2.45) is 0 Å². The summed E-state index contributed by atoms with van der Waals surface area (Å²) in [4.78, 5) is 17.6. The number of fused-ring (bicyclic) bond motifs is 1. The molecule has 0 fully saturated rings. The Morgan fingerprint density at radius 1 is 1.25 bits per heavy atom. The van der Waals surface area contributed by atoms with Crippen molar-refractivity contribution in [1.29, 1.82) is 0 Å². The number of aliphatic hydroxyl groups excluding tert-OH is 2. The Kier molecular flexibility index (Phi) is 5.40. The minimum absolute atomic E-state index is 0.126. The van der Waals surface area contributed by atoms with Gasteiger partial charge in [-0.25, -0.2) is 4.98 Å².